The van der Waals surface area contributed by atoms with Crippen LogP contribution >= 0.6 is 0 Å². The van der Waals surface area contributed by atoms with Gasteiger partial charge in [0.1, 0.15) is 0 Å². The Bertz CT molecular complexity index is 339. The van der Waals surface area contributed by atoms with E-state index >= 15 is 0 Å². The number of rotatable bonds is 2. The van der Waals surface area contributed by atoms with E-state index in [9.17, 15) is 9.90 Å². The third-order valence-corrected chi connectivity index (χ3v) is 5.56. The van der Waals surface area contributed by atoms with Gasteiger partial charge in [0, 0.05) is 12.0 Å². The van der Waals surface area contributed by atoms with Crippen molar-refractivity contribution < 1.29 is 14.6 Å². The molecule has 0 radical (unpaired) electrons. The minimum Gasteiger partial charge on any atom is -0.469 e. The van der Waals surface area contributed by atoms with E-state index in [-0.39, 0.29) is 17.3 Å². The van der Waals surface area contributed by atoms with Crippen molar-refractivity contribution >= 4 is 5.97 Å². The van der Waals surface area contributed by atoms with Gasteiger partial charge in [-0.05, 0) is 36.0 Å². The van der Waals surface area contributed by atoms with Crippen molar-refractivity contribution in [3.8, 4) is 0 Å². The van der Waals surface area contributed by atoms with Gasteiger partial charge in [-0.25, -0.2) is 0 Å². The number of hydrogen-bond acceptors (Lipinski definition) is 3. The fraction of sp³-hybridized carbons (Fsp3) is 0.909. The lowest BCUT2D eigenvalue weighted by Crippen LogP contribution is -2.24. The maximum Gasteiger partial charge on any atom is 0.309 e. The quantitative estimate of drug-likeness (QED) is 0.642. The summed E-state index contributed by atoms with van der Waals surface area (Å²) in [6.07, 6.45) is 1.27. The van der Waals surface area contributed by atoms with E-state index in [1.165, 1.54) is 13.5 Å². The van der Waals surface area contributed by atoms with Gasteiger partial charge in [0.15, 0.2) is 0 Å². The van der Waals surface area contributed by atoms with Crippen LogP contribution in [0, 0.1) is 40.9 Å². The number of hydrogen-bond donors (Lipinski definition) is 1. The van der Waals surface area contributed by atoms with Crippen LogP contribution < -0.4 is 0 Å². The molecule has 4 aliphatic rings. The molecule has 4 aliphatic carbocycles. The molecule has 7 atom stereocenters. The molecule has 1 N–H and O–H groups in total. The summed E-state index contributed by atoms with van der Waals surface area (Å²) in [7, 11) is 1.48. The first-order chi connectivity index (χ1) is 6.77. The molecule has 0 saturated heterocycles. The summed E-state index contributed by atoms with van der Waals surface area (Å²) in [5, 5.41) is 9.48. The summed E-state index contributed by atoms with van der Waals surface area (Å²) in [6.45, 7) is 0.299. The van der Waals surface area contributed by atoms with Gasteiger partial charge in [0.2, 0.25) is 0 Å². The molecular weight excluding hydrogens is 180 g/mol. The van der Waals surface area contributed by atoms with Gasteiger partial charge in [-0.3, -0.25) is 4.79 Å². The number of methoxy groups -OCH3 is 1. The molecule has 0 bridgehead atoms. The lowest BCUT2D eigenvalue weighted by molar-refractivity contribution is -0.147. The second-order valence-corrected chi connectivity index (χ2v) is 5.45. The zero-order valence-corrected chi connectivity index (χ0v) is 8.14. The number of carbonyl (C=O) groups excluding carboxylic acids is 1. The van der Waals surface area contributed by atoms with E-state index < -0.39 is 0 Å². The molecule has 4 unspecified atom stereocenters. The second kappa shape index (κ2) is 1.87. The standard InChI is InChI=1S/C11H14O3/c1-14-10(13)7-6-4-2-5-9(7)11(5,3-12)8(4)6/h4-9,12H,2-3H2,1H3/t4?,5?,6?,7-,8-,9?,11-/m1/s1. The summed E-state index contributed by atoms with van der Waals surface area (Å²) in [6, 6.07) is 0. The Balaban J connectivity index is 1.73. The molecule has 0 aromatic carbocycles. The molecule has 0 aromatic heterocycles. The average molecular weight is 194 g/mol. The lowest BCUT2D eigenvalue weighted by atomic mass is 9.89. The van der Waals surface area contributed by atoms with E-state index in [4.69, 9.17) is 4.74 Å². The molecular formula is C11H14O3. The van der Waals surface area contributed by atoms with Crippen molar-refractivity contribution in [2.75, 3.05) is 13.7 Å². The van der Waals surface area contributed by atoms with E-state index in [2.05, 4.69) is 0 Å². The first-order valence-corrected chi connectivity index (χ1v) is 5.46. The Morgan fingerprint density at radius 3 is 2.86 bits per heavy atom. The fourth-order valence-electron chi connectivity index (χ4n) is 5.24. The van der Waals surface area contributed by atoms with Crippen LogP contribution in [0.4, 0.5) is 0 Å². The van der Waals surface area contributed by atoms with Crippen LogP contribution in [0.15, 0.2) is 0 Å². The Hall–Kier alpha value is -0.570. The zero-order valence-electron chi connectivity index (χ0n) is 8.14. The highest BCUT2D eigenvalue weighted by molar-refractivity contribution is 5.77. The minimum atomic E-state index is -0.0231. The molecule has 0 amide bonds. The predicted octanol–water partition coefficient (Wildman–Crippen LogP) is 0.280. The highest BCUT2D eigenvalue weighted by Gasteiger charge is 2.92. The third-order valence-electron chi connectivity index (χ3n) is 5.56. The SMILES string of the molecule is COC(=O)[C@@H]1C2C3CC4C1[C@@]4(CO)[C@H]32. The monoisotopic (exact) mass is 194 g/mol. The van der Waals surface area contributed by atoms with Crippen LogP contribution in [-0.2, 0) is 9.53 Å². The van der Waals surface area contributed by atoms with Gasteiger partial charge in [0.25, 0.3) is 0 Å². The summed E-state index contributed by atoms with van der Waals surface area (Å²) >= 11 is 0. The molecule has 4 fully saturated rings. The molecule has 0 spiro atoms. The Morgan fingerprint density at radius 2 is 2.36 bits per heavy atom. The van der Waals surface area contributed by atoms with E-state index in [0.29, 0.717) is 30.3 Å². The third kappa shape index (κ3) is 0.489. The zero-order chi connectivity index (χ0) is 9.66. The molecule has 4 saturated carbocycles. The van der Waals surface area contributed by atoms with Crippen molar-refractivity contribution in [1.29, 1.82) is 0 Å². The lowest BCUT2D eigenvalue weighted by Gasteiger charge is -2.17. The molecule has 0 heterocycles. The maximum atomic E-state index is 11.6. The minimum absolute atomic E-state index is 0.0231. The van der Waals surface area contributed by atoms with Gasteiger partial charge in [-0.1, -0.05) is 0 Å². The van der Waals surface area contributed by atoms with E-state index in [1.807, 2.05) is 0 Å². The Labute approximate surface area is 82.4 Å². The Kier molecular flexibility index (Phi) is 1.03. The van der Waals surface area contributed by atoms with Gasteiger partial charge < -0.3 is 9.84 Å². The maximum absolute atomic E-state index is 11.6. The van der Waals surface area contributed by atoms with Crippen LogP contribution in [0.1, 0.15) is 6.42 Å². The van der Waals surface area contributed by atoms with Crippen molar-refractivity contribution in [2.45, 2.75) is 6.42 Å². The van der Waals surface area contributed by atoms with Crippen molar-refractivity contribution in [3.05, 3.63) is 0 Å². The molecule has 0 aliphatic heterocycles. The average Bonchev–Trinajstić information content (AvgIpc) is 3.04. The number of fused-ring (bicyclic) bond motifs is 2. The van der Waals surface area contributed by atoms with Crippen molar-refractivity contribution in [1.82, 2.24) is 0 Å². The fourth-order valence-corrected chi connectivity index (χ4v) is 5.24. The molecule has 76 valence electrons. The summed E-state index contributed by atoms with van der Waals surface area (Å²) in [4.78, 5) is 11.6. The molecule has 14 heavy (non-hydrogen) atoms. The van der Waals surface area contributed by atoms with Crippen LogP contribution in [0.2, 0.25) is 0 Å². The highest BCUT2D eigenvalue weighted by atomic mass is 16.5. The topological polar surface area (TPSA) is 46.5 Å². The summed E-state index contributed by atoms with van der Waals surface area (Å²) in [5.41, 5.74) is 0.175. The number of esters is 1. The van der Waals surface area contributed by atoms with Crippen molar-refractivity contribution in [2.24, 2.45) is 40.9 Å². The molecule has 3 heteroatoms. The highest BCUT2D eigenvalue weighted by Crippen LogP contribution is 2.92. The number of ether oxygens (including phenoxy) is 1. The number of carbonyl (C=O) groups is 1. The van der Waals surface area contributed by atoms with E-state index in [0.717, 1.165) is 5.92 Å². The molecule has 4 rings (SSSR count). The first kappa shape index (κ1) is 7.69. The summed E-state index contributed by atoms with van der Waals surface area (Å²) in [5.74, 6) is 3.24. The van der Waals surface area contributed by atoms with Crippen LogP contribution in [0.5, 0.6) is 0 Å². The second-order valence-electron chi connectivity index (χ2n) is 5.45. The number of aliphatic hydroxyl groups excluding tert-OH is 1. The molecule has 0 aromatic rings. The van der Waals surface area contributed by atoms with Crippen LogP contribution in [0.3, 0.4) is 0 Å². The van der Waals surface area contributed by atoms with Gasteiger partial charge in [0.05, 0.1) is 13.0 Å². The van der Waals surface area contributed by atoms with Gasteiger partial charge >= 0.3 is 5.97 Å². The van der Waals surface area contributed by atoms with Crippen molar-refractivity contribution in [3.63, 3.8) is 0 Å². The van der Waals surface area contributed by atoms with Crippen LogP contribution in [-0.4, -0.2) is 24.8 Å². The normalized spacial score (nSPS) is 65.0. The summed E-state index contributed by atoms with van der Waals surface area (Å²) < 4.78 is 4.87. The first-order valence-electron chi connectivity index (χ1n) is 5.46. The number of aliphatic hydroxyl groups is 1. The predicted molar refractivity (Wildman–Crippen MR) is 47.1 cm³/mol. The molecule has 3 nitrogen and oxygen atoms in total. The van der Waals surface area contributed by atoms with Gasteiger partial charge in [-0.2, -0.15) is 0 Å². The van der Waals surface area contributed by atoms with E-state index in [1.54, 1.807) is 0 Å². The van der Waals surface area contributed by atoms with Crippen LogP contribution in [0.25, 0.3) is 0 Å². The Morgan fingerprint density at radius 1 is 1.57 bits per heavy atom. The smallest absolute Gasteiger partial charge is 0.309 e. The largest absolute Gasteiger partial charge is 0.469 e. The van der Waals surface area contributed by atoms with Gasteiger partial charge in [-0.15, -0.1) is 0 Å².